The summed E-state index contributed by atoms with van der Waals surface area (Å²) in [5, 5.41) is 18.0. The lowest BCUT2D eigenvalue weighted by atomic mass is 10.1. The van der Waals surface area contributed by atoms with Crippen molar-refractivity contribution in [2.75, 3.05) is 0 Å². The van der Waals surface area contributed by atoms with Crippen LogP contribution in [0.4, 0.5) is 0 Å². The Hall–Kier alpha value is -1.97. The highest BCUT2D eigenvalue weighted by Gasteiger charge is 2.06. The lowest BCUT2D eigenvalue weighted by Gasteiger charge is -2.12. The SMILES string of the molecule is CC(C)Oc1ccc(Cl)cc1C=C(C#N)C#N. The Morgan fingerprint density at radius 1 is 1.35 bits per heavy atom. The second kappa shape index (κ2) is 5.94. The maximum atomic E-state index is 8.71. The van der Waals surface area contributed by atoms with E-state index in [2.05, 4.69) is 0 Å². The van der Waals surface area contributed by atoms with Gasteiger partial charge in [0.2, 0.25) is 0 Å². The van der Waals surface area contributed by atoms with Gasteiger partial charge in [0.25, 0.3) is 0 Å². The summed E-state index contributed by atoms with van der Waals surface area (Å²) < 4.78 is 5.57. The van der Waals surface area contributed by atoms with Gasteiger partial charge in [0.1, 0.15) is 23.5 Å². The molecule has 0 radical (unpaired) electrons. The van der Waals surface area contributed by atoms with Crippen LogP contribution in [0.3, 0.4) is 0 Å². The van der Waals surface area contributed by atoms with Crippen molar-refractivity contribution in [1.29, 1.82) is 10.5 Å². The first-order valence-electron chi connectivity index (χ1n) is 5.05. The summed E-state index contributed by atoms with van der Waals surface area (Å²) in [6, 6.07) is 8.69. The molecule has 0 aliphatic heterocycles. The molecule has 0 saturated heterocycles. The van der Waals surface area contributed by atoms with Crippen LogP contribution in [0.5, 0.6) is 5.75 Å². The first kappa shape index (κ1) is 13.1. The highest BCUT2D eigenvalue weighted by Crippen LogP contribution is 2.26. The van der Waals surface area contributed by atoms with Gasteiger partial charge in [-0.25, -0.2) is 0 Å². The number of hydrogen-bond donors (Lipinski definition) is 0. The van der Waals surface area contributed by atoms with Crippen LogP contribution in [0.2, 0.25) is 5.02 Å². The van der Waals surface area contributed by atoms with Gasteiger partial charge >= 0.3 is 0 Å². The fourth-order valence-corrected chi connectivity index (χ4v) is 1.42. The van der Waals surface area contributed by atoms with E-state index >= 15 is 0 Å². The Kier molecular flexibility index (Phi) is 4.57. The monoisotopic (exact) mass is 246 g/mol. The topological polar surface area (TPSA) is 56.8 Å². The lowest BCUT2D eigenvalue weighted by molar-refractivity contribution is 0.242. The number of hydrogen-bond acceptors (Lipinski definition) is 3. The molecule has 0 atom stereocenters. The molecule has 0 saturated carbocycles. The third-order valence-electron chi connectivity index (χ3n) is 1.88. The van der Waals surface area contributed by atoms with E-state index in [0.717, 1.165) is 0 Å². The third-order valence-corrected chi connectivity index (χ3v) is 2.11. The van der Waals surface area contributed by atoms with E-state index in [1.54, 1.807) is 30.3 Å². The van der Waals surface area contributed by atoms with Crippen molar-refractivity contribution < 1.29 is 4.74 Å². The Morgan fingerprint density at radius 2 is 2.00 bits per heavy atom. The molecule has 0 N–H and O–H groups in total. The normalized spacial score (nSPS) is 9.29. The minimum absolute atomic E-state index is 0.0101. The summed E-state index contributed by atoms with van der Waals surface area (Å²) in [5.74, 6) is 0.604. The fraction of sp³-hybridized carbons (Fsp3) is 0.231. The summed E-state index contributed by atoms with van der Waals surface area (Å²) in [6.07, 6.45) is 1.47. The van der Waals surface area contributed by atoms with Gasteiger partial charge in [-0.15, -0.1) is 0 Å². The molecule has 1 aromatic carbocycles. The number of nitriles is 2. The van der Waals surface area contributed by atoms with Crippen LogP contribution in [-0.4, -0.2) is 6.10 Å². The number of benzene rings is 1. The molecule has 0 aromatic heterocycles. The molecular formula is C13H11ClN2O. The average molecular weight is 247 g/mol. The molecule has 86 valence electrons. The summed E-state index contributed by atoms with van der Waals surface area (Å²) in [4.78, 5) is 0. The van der Waals surface area contributed by atoms with Gasteiger partial charge < -0.3 is 4.74 Å². The minimum atomic E-state index is 0.0101. The van der Waals surface area contributed by atoms with Crippen molar-refractivity contribution in [3.05, 3.63) is 34.4 Å². The molecule has 17 heavy (non-hydrogen) atoms. The molecule has 0 spiro atoms. The number of nitrogens with zero attached hydrogens (tertiary/aromatic N) is 2. The van der Waals surface area contributed by atoms with Crippen molar-refractivity contribution >= 4 is 17.7 Å². The predicted octanol–water partition coefficient (Wildman–Crippen LogP) is 3.56. The molecule has 0 aliphatic carbocycles. The average Bonchev–Trinajstić information content (AvgIpc) is 2.28. The van der Waals surface area contributed by atoms with Crippen LogP contribution in [-0.2, 0) is 0 Å². The quantitative estimate of drug-likeness (QED) is 0.767. The van der Waals surface area contributed by atoms with Crippen molar-refractivity contribution in [2.45, 2.75) is 20.0 Å². The smallest absolute Gasteiger partial charge is 0.130 e. The van der Waals surface area contributed by atoms with Crippen molar-refractivity contribution in [2.24, 2.45) is 0 Å². The van der Waals surface area contributed by atoms with E-state index in [-0.39, 0.29) is 11.7 Å². The largest absolute Gasteiger partial charge is 0.490 e. The zero-order valence-corrected chi connectivity index (χ0v) is 10.3. The summed E-state index contributed by atoms with van der Waals surface area (Å²) in [6.45, 7) is 3.80. The Morgan fingerprint density at radius 3 is 2.53 bits per heavy atom. The van der Waals surface area contributed by atoms with Gasteiger partial charge in [-0.1, -0.05) is 11.6 Å². The molecule has 0 unspecified atom stereocenters. The van der Waals surface area contributed by atoms with Gasteiger partial charge in [-0.3, -0.25) is 0 Å². The van der Waals surface area contributed by atoms with Crippen molar-refractivity contribution in [1.82, 2.24) is 0 Å². The number of rotatable bonds is 3. The number of ether oxygens (including phenoxy) is 1. The van der Waals surface area contributed by atoms with Crippen LogP contribution >= 0.6 is 11.6 Å². The van der Waals surface area contributed by atoms with Crippen LogP contribution in [0.1, 0.15) is 19.4 Å². The Bertz CT molecular complexity index is 505. The molecule has 0 heterocycles. The van der Waals surface area contributed by atoms with Gasteiger partial charge in [0.05, 0.1) is 6.10 Å². The maximum absolute atomic E-state index is 8.71. The van der Waals surface area contributed by atoms with Gasteiger partial charge in [0.15, 0.2) is 0 Å². The molecule has 4 heteroatoms. The van der Waals surface area contributed by atoms with Gasteiger partial charge in [-0.2, -0.15) is 10.5 Å². The second-order valence-corrected chi connectivity index (χ2v) is 4.07. The number of halogens is 1. The summed E-state index contributed by atoms with van der Waals surface area (Å²) in [5.41, 5.74) is 0.644. The van der Waals surface area contributed by atoms with E-state index in [4.69, 9.17) is 26.9 Å². The Balaban J connectivity index is 3.22. The molecular weight excluding hydrogens is 236 g/mol. The van der Waals surface area contributed by atoms with E-state index in [0.29, 0.717) is 16.3 Å². The van der Waals surface area contributed by atoms with Crippen LogP contribution in [0, 0.1) is 22.7 Å². The van der Waals surface area contributed by atoms with Crippen molar-refractivity contribution in [3.8, 4) is 17.9 Å². The van der Waals surface area contributed by atoms with Gasteiger partial charge in [0, 0.05) is 10.6 Å². The zero-order chi connectivity index (χ0) is 12.8. The van der Waals surface area contributed by atoms with E-state index in [9.17, 15) is 0 Å². The first-order chi connectivity index (χ1) is 8.06. The number of allylic oxidation sites excluding steroid dienone is 1. The van der Waals surface area contributed by atoms with Crippen LogP contribution in [0.15, 0.2) is 23.8 Å². The standard InChI is InChI=1S/C13H11ClN2O/c1-9(2)17-13-4-3-12(14)6-11(13)5-10(7-15)8-16/h3-6,9H,1-2H3. The molecule has 1 rings (SSSR count). The molecule has 3 nitrogen and oxygen atoms in total. The second-order valence-electron chi connectivity index (χ2n) is 3.63. The maximum Gasteiger partial charge on any atom is 0.130 e. The van der Waals surface area contributed by atoms with E-state index in [1.165, 1.54) is 6.08 Å². The van der Waals surface area contributed by atoms with E-state index in [1.807, 2.05) is 13.8 Å². The highest BCUT2D eigenvalue weighted by atomic mass is 35.5. The van der Waals surface area contributed by atoms with Crippen LogP contribution in [0.25, 0.3) is 6.08 Å². The highest BCUT2D eigenvalue weighted by molar-refractivity contribution is 6.30. The summed E-state index contributed by atoms with van der Waals surface area (Å²) >= 11 is 5.87. The molecule has 0 bridgehead atoms. The molecule has 0 aliphatic rings. The lowest BCUT2D eigenvalue weighted by Crippen LogP contribution is -2.06. The van der Waals surface area contributed by atoms with Crippen LogP contribution < -0.4 is 4.74 Å². The fourth-order valence-electron chi connectivity index (χ4n) is 1.24. The predicted molar refractivity (Wildman–Crippen MR) is 66.4 cm³/mol. The molecule has 0 fully saturated rings. The van der Waals surface area contributed by atoms with E-state index < -0.39 is 0 Å². The minimum Gasteiger partial charge on any atom is -0.490 e. The molecule has 0 amide bonds. The molecule has 1 aromatic rings. The van der Waals surface area contributed by atoms with Gasteiger partial charge in [-0.05, 0) is 38.1 Å². The van der Waals surface area contributed by atoms with Crippen molar-refractivity contribution in [3.63, 3.8) is 0 Å². The zero-order valence-electron chi connectivity index (χ0n) is 9.57. The third kappa shape index (κ3) is 3.83. The Labute approximate surface area is 105 Å². The first-order valence-corrected chi connectivity index (χ1v) is 5.42. The summed E-state index contributed by atoms with van der Waals surface area (Å²) in [7, 11) is 0.